The molecule has 0 aliphatic rings. The van der Waals surface area contributed by atoms with Crippen LogP contribution in [-0.2, 0) is 4.79 Å². The fraction of sp³-hybridized carbons (Fsp3) is 0.692. The van der Waals surface area contributed by atoms with E-state index in [9.17, 15) is 9.59 Å². The lowest BCUT2D eigenvalue weighted by atomic mass is 10.1. The molecule has 0 radical (unpaired) electrons. The SMILES string of the molecule is C=CCN(C(=O)NC(CCC)C(=O)O)C(C)(C)C. The normalized spacial score (nSPS) is 12.7. The third kappa shape index (κ3) is 5.21. The summed E-state index contributed by atoms with van der Waals surface area (Å²) < 4.78 is 0. The van der Waals surface area contributed by atoms with E-state index in [1.54, 1.807) is 11.0 Å². The van der Waals surface area contributed by atoms with Gasteiger partial charge in [0.15, 0.2) is 0 Å². The van der Waals surface area contributed by atoms with Crippen molar-refractivity contribution in [1.29, 1.82) is 0 Å². The summed E-state index contributed by atoms with van der Waals surface area (Å²) in [5.41, 5.74) is -0.381. The Morgan fingerprint density at radius 3 is 2.33 bits per heavy atom. The molecule has 0 saturated heterocycles. The molecule has 0 aromatic heterocycles. The van der Waals surface area contributed by atoms with Crippen molar-refractivity contribution in [3.05, 3.63) is 12.7 Å². The van der Waals surface area contributed by atoms with Crippen LogP contribution in [0.1, 0.15) is 40.5 Å². The predicted molar refractivity (Wildman–Crippen MR) is 71.5 cm³/mol. The summed E-state index contributed by atoms with van der Waals surface area (Å²) in [5.74, 6) is -1.00. The number of carbonyl (C=O) groups excluding carboxylic acids is 1. The molecule has 0 heterocycles. The van der Waals surface area contributed by atoms with Crippen molar-refractivity contribution in [1.82, 2.24) is 10.2 Å². The molecule has 0 aliphatic carbocycles. The molecule has 18 heavy (non-hydrogen) atoms. The Hall–Kier alpha value is -1.52. The molecule has 104 valence electrons. The summed E-state index contributed by atoms with van der Waals surface area (Å²) in [5, 5.41) is 11.6. The van der Waals surface area contributed by atoms with Crippen molar-refractivity contribution >= 4 is 12.0 Å². The first kappa shape index (κ1) is 16.5. The first-order valence-corrected chi connectivity index (χ1v) is 6.15. The van der Waals surface area contributed by atoms with E-state index >= 15 is 0 Å². The molecule has 1 atom stereocenters. The fourth-order valence-electron chi connectivity index (χ4n) is 1.56. The standard InChI is InChI=1S/C13H24N2O3/c1-6-8-10(11(16)17)14-12(18)15(9-7-2)13(3,4)5/h7,10H,2,6,8-9H2,1,3-5H3,(H,14,18)(H,16,17). The summed E-state index contributed by atoms with van der Waals surface area (Å²) in [4.78, 5) is 24.6. The summed E-state index contributed by atoms with van der Waals surface area (Å²) in [6.45, 7) is 11.6. The minimum atomic E-state index is -1.00. The zero-order valence-corrected chi connectivity index (χ0v) is 11.7. The van der Waals surface area contributed by atoms with Gasteiger partial charge in [0.1, 0.15) is 6.04 Å². The number of hydrogen-bond acceptors (Lipinski definition) is 2. The van der Waals surface area contributed by atoms with Crippen LogP contribution in [-0.4, -0.2) is 40.1 Å². The molecular weight excluding hydrogens is 232 g/mol. The van der Waals surface area contributed by atoms with Crippen LogP contribution in [0.2, 0.25) is 0 Å². The number of nitrogens with one attached hydrogen (secondary N) is 1. The topological polar surface area (TPSA) is 69.6 Å². The summed E-state index contributed by atoms with van der Waals surface area (Å²) >= 11 is 0. The summed E-state index contributed by atoms with van der Waals surface area (Å²) in [7, 11) is 0. The van der Waals surface area contributed by atoms with E-state index in [1.807, 2.05) is 27.7 Å². The van der Waals surface area contributed by atoms with E-state index in [-0.39, 0.29) is 11.6 Å². The van der Waals surface area contributed by atoms with Gasteiger partial charge in [0.25, 0.3) is 0 Å². The summed E-state index contributed by atoms with van der Waals surface area (Å²) in [6.07, 6.45) is 2.75. The van der Waals surface area contributed by atoms with E-state index in [4.69, 9.17) is 5.11 Å². The molecule has 0 aliphatic heterocycles. The Kier molecular flexibility index (Phi) is 6.44. The lowest BCUT2D eigenvalue weighted by molar-refractivity contribution is -0.139. The van der Waals surface area contributed by atoms with Crippen molar-refractivity contribution in [3.8, 4) is 0 Å². The highest BCUT2D eigenvalue weighted by Gasteiger charge is 2.28. The number of rotatable bonds is 6. The number of carboxylic acid groups (broad SMARTS) is 1. The zero-order chi connectivity index (χ0) is 14.3. The number of aliphatic carboxylic acids is 1. The average molecular weight is 256 g/mol. The van der Waals surface area contributed by atoms with Crippen LogP contribution in [0, 0.1) is 0 Å². The molecule has 0 saturated carbocycles. The van der Waals surface area contributed by atoms with Gasteiger partial charge in [0.2, 0.25) is 0 Å². The maximum Gasteiger partial charge on any atom is 0.326 e. The molecule has 1 unspecified atom stereocenters. The largest absolute Gasteiger partial charge is 0.480 e. The number of carbonyl (C=O) groups is 2. The lowest BCUT2D eigenvalue weighted by Crippen LogP contribution is -2.54. The van der Waals surface area contributed by atoms with E-state index in [0.717, 1.165) is 0 Å². The van der Waals surface area contributed by atoms with E-state index in [1.165, 1.54) is 0 Å². The van der Waals surface area contributed by atoms with Crippen LogP contribution < -0.4 is 5.32 Å². The van der Waals surface area contributed by atoms with Gasteiger partial charge in [-0.15, -0.1) is 6.58 Å². The minimum Gasteiger partial charge on any atom is -0.480 e. The Morgan fingerprint density at radius 2 is 2.00 bits per heavy atom. The van der Waals surface area contributed by atoms with Crippen LogP contribution in [0.4, 0.5) is 4.79 Å². The van der Waals surface area contributed by atoms with Crippen LogP contribution in [0.15, 0.2) is 12.7 Å². The third-order valence-corrected chi connectivity index (χ3v) is 2.54. The molecule has 0 aromatic rings. The maximum atomic E-state index is 12.1. The van der Waals surface area contributed by atoms with Crippen molar-refractivity contribution < 1.29 is 14.7 Å². The number of nitrogens with zero attached hydrogens (tertiary/aromatic N) is 1. The number of hydrogen-bond donors (Lipinski definition) is 2. The highest BCUT2D eigenvalue weighted by Crippen LogP contribution is 2.13. The van der Waals surface area contributed by atoms with Crippen molar-refractivity contribution in [2.45, 2.75) is 52.1 Å². The highest BCUT2D eigenvalue weighted by molar-refractivity contribution is 5.83. The first-order chi connectivity index (χ1) is 8.23. The predicted octanol–water partition coefficient (Wildman–Crippen LogP) is 2.24. The first-order valence-electron chi connectivity index (χ1n) is 6.15. The Morgan fingerprint density at radius 1 is 1.44 bits per heavy atom. The van der Waals surface area contributed by atoms with Crippen molar-refractivity contribution in [2.24, 2.45) is 0 Å². The second kappa shape index (κ2) is 7.03. The molecule has 0 rings (SSSR count). The van der Waals surface area contributed by atoms with E-state index in [2.05, 4.69) is 11.9 Å². The van der Waals surface area contributed by atoms with E-state index < -0.39 is 12.0 Å². The fourth-order valence-corrected chi connectivity index (χ4v) is 1.56. The van der Waals surface area contributed by atoms with Gasteiger partial charge in [0.05, 0.1) is 0 Å². The highest BCUT2D eigenvalue weighted by atomic mass is 16.4. The maximum absolute atomic E-state index is 12.1. The van der Waals surface area contributed by atoms with Crippen molar-refractivity contribution in [2.75, 3.05) is 6.54 Å². The van der Waals surface area contributed by atoms with Gasteiger partial charge in [-0.25, -0.2) is 9.59 Å². The van der Waals surface area contributed by atoms with Gasteiger partial charge < -0.3 is 15.3 Å². The lowest BCUT2D eigenvalue weighted by Gasteiger charge is -2.35. The molecule has 0 bridgehead atoms. The van der Waals surface area contributed by atoms with Gasteiger partial charge in [-0.3, -0.25) is 0 Å². The summed E-state index contributed by atoms with van der Waals surface area (Å²) in [6, 6.07) is -1.21. The second-order valence-corrected chi connectivity index (χ2v) is 5.20. The van der Waals surface area contributed by atoms with E-state index in [0.29, 0.717) is 19.4 Å². The molecular formula is C13H24N2O3. The number of carboxylic acids is 1. The van der Waals surface area contributed by atoms with Crippen LogP contribution >= 0.6 is 0 Å². The molecule has 5 heteroatoms. The smallest absolute Gasteiger partial charge is 0.326 e. The van der Waals surface area contributed by atoms with Gasteiger partial charge in [-0.2, -0.15) is 0 Å². The van der Waals surface area contributed by atoms with Gasteiger partial charge in [-0.1, -0.05) is 19.4 Å². The van der Waals surface area contributed by atoms with Gasteiger partial charge >= 0.3 is 12.0 Å². The van der Waals surface area contributed by atoms with Gasteiger partial charge in [-0.05, 0) is 27.2 Å². The monoisotopic (exact) mass is 256 g/mol. The molecule has 2 N–H and O–H groups in total. The molecule has 5 nitrogen and oxygen atoms in total. The molecule has 0 spiro atoms. The van der Waals surface area contributed by atoms with Crippen molar-refractivity contribution in [3.63, 3.8) is 0 Å². The number of amides is 2. The Balaban J connectivity index is 4.77. The average Bonchev–Trinajstić information content (AvgIpc) is 2.23. The van der Waals surface area contributed by atoms with Crippen LogP contribution in [0.25, 0.3) is 0 Å². The Labute approximate surface area is 109 Å². The Bertz CT molecular complexity index is 308. The number of urea groups is 1. The van der Waals surface area contributed by atoms with Crippen LogP contribution in [0.5, 0.6) is 0 Å². The molecule has 2 amide bonds. The van der Waals surface area contributed by atoms with Crippen LogP contribution in [0.3, 0.4) is 0 Å². The quantitative estimate of drug-likeness (QED) is 0.716. The zero-order valence-electron chi connectivity index (χ0n) is 11.7. The third-order valence-electron chi connectivity index (χ3n) is 2.54. The van der Waals surface area contributed by atoms with Gasteiger partial charge in [0, 0.05) is 12.1 Å². The second-order valence-electron chi connectivity index (χ2n) is 5.20. The molecule has 0 fully saturated rings. The minimum absolute atomic E-state index is 0.372. The molecule has 0 aromatic carbocycles.